The van der Waals surface area contributed by atoms with Gasteiger partial charge in [-0.3, -0.25) is 11.3 Å². The molecule has 102 valence electrons. The average molecular weight is 313 g/mol. The Morgan fingerprint density at radius 1 is 1.37 bits per heavy atom. The van der Waals surface area contributed by atoms with Gasteiger partial charge in [-0.15, -0.1) is 23.1 Å². The monoisotopic (exact) mass is 312 g/mol. The molecule has 2 nitrogen and oxygen atoms in total. The zero-order chi connectivity index (χ0) is 13.7. The summed E-state index contributed by atoms with van der Waals surface area (Å²) in [6.07, 6.45) is 0.909. The van der Waals surface area contributed by atoms with E-state index in [0.29, 0.717) is 0 Å². The molecule has 1 aromatic heterocycles. The number of rotatable bonds is 6. The minimum atomic E-state index is 0.250. The van der Waals surface area contributed by atoms with Crippen molar-refractivity contribution in [1.29, 1.82) is 0 Å². The number of thiophene rings is 1. The molecule has 0 amide bonds. The summed E-state index contributed by atoms with van der Waals surface area (Å²) in [5.41, 5.74) is 4.17. The van der Waals surface area contributed by atoms with Crippen molar-refractivity contribution in [2.75, 3.05) is 5.75 Å². The number of hydrogen-bond donors (Lipinski definition) is 2. The molecule has 0 spiro atoms. The maximum atomic E-state index is 5.94. The quantitative estimate of drug-likeness (QED) is 0.483. The minimum Gasteiger partial charge on any atom is -0.271 e. The van der Waals surface area contributed by atoms with Crippen molar-refractivity contribution >= 4 is 34.7 Å². The molecule has 0 saturated heterocycles. The second-order valence-corrected chi connectivity index (χ2v) is 7.29. The number of hydrazine groups is 1. The molecule has 5 heteroatoms. The maximum Gasteiger partial charge on any atom is 0.0931 e. The van der Waals surface area contributed by atoms with E-state index in [1.807, 2.05) is 17.8 Å². The van der Waals surface area contributed by atoms with Crippen LogP contribution in [0.4, 0.5) is 0 Å². The van der Waals surface area contributed by atoms with Gasteiger partial charge in [-0.1, -0.05) is 29.3 Å². The largest absolute Gasteiger partial charge is 0.271 e. The molecule has 0 aliphatic heterocycles. The number of aryl methyl sites for hydroxylation is 1. The van der Waals surface area contributed by atoms with Crippen LogP contribution in [0.1, 0.15) is 10.4 Å². The summed E-state index contributed by atoms with van der Waals surface area (Å²) in [5.74, 6) is 6.57. The SMILES string of the molecule is Cc1cccc(SCC(Cc2ccc(Cl)s2)NN)c1. The van der Waals surface area contributed by atoms with Gasteiger partial charge in [0, 0.05) is 21.6 Å². The molecule has 1 unspecified atom stereocenters. The summed E-state index contributed by atoms with van der Waals surface area (Å²) < 4.78 is 0.831. The first-order valence-corrected chi connectivity index (χ1v) is 8.25. The average Bonchev–Trinajstić information content (AvgIpc) is 2.80. The van der Waals surface area contributed by atoms with Crippen LogP contribution < -0.4 is 11.3 Å². The van der Waals surface area contributed by atoms with Crippen molar-refractivity contribution in [3.8, 4) is 0 Å². The Bertz CT molecular complexity index is 528. The Morgan fingerprint density at radius 3 is 2.84 bits per heavy atom. The van der Waals surface area contributed by atoms with E-state index in [-0.39, 0.29) is 6.04 Å². The summed E-state index contributed by atoms with van der Waals surface area (Å²) in [6, 6.07) is 12.8. The first-order valence-electron chi connectivity index (χ1n) is 6.07. The normalized spacial score (nSPS) is 12.6. The molecule has 0 aliphatic rings. The van der Waals surface area contributed by atoms with Crippen LogP contribution in [0.25, 0.3) is 0 Å². The lowest BCUT2D eigenvalue weighted by atomic mass is 10.2. The summed E-state index contributed by atoms with van der Waals surface area (Å²) in [7, 11) is 0. The smallest absolute Gasteiger partial charge is 0.0931 e. The fourth-order valence-corrected chi connectivity index (χ4v) is 3.99. The highest BCUT2D eigenvalue weighted by Crippen LogP contribution is 2.25. The molecule has 0 bridgehead atoms. The number of nitrogens with one attached hydrogen (secondary N) is 1. The van der Waals surface area contributed by atoms with Crippen LogP contribution >= 0.6 is 34.7 Å². The summed E-state index contributed by atoms with van der Waals surface area (Å²) >= 11 is 9.38. The minimum absolute atomic E-state index is 0.250. The predicted octanol–water partition coefficient (Wildman–Crippen LogP) is 3.88. The molecule has 1 aromatic carbocycles. The number of benzene rings is 1. The topological polar surface area (TPSA) is 38.0 Å². The highest BCUT2D eigenvalue weighted by Gasteiger charge is 2.10. The zero-order valence-electron chi connectivity index (χ0n) is 10.7. The third-order valence-corrected chi connectivity index (χ3v) is 5.16. The van der Waals surface area contributed by atoms with E-state index in [9.17, 15) is 0 Å². The Balaban J connectivity index is 1.89. The first kappa shape index (κ1) is 14.9. The Hall–Kier alpha value is -0.520. The van der Waals surface area contributed by atoms with Crippen LogP contribution in [-0.4, -0.2) is 11.8 Å². The Morgan fingerprint density at radius 2 is 2.21 bits per heavy atom. The Labute approximate surface area is 127 Å². The second kappa shape index (κ2) is 7.31. The van der Waals surface area contributed by atoms with Gasteiger partial charge >= 0.3 is 0 Å². The Kier molecular flexibility index (Phi) is 5.73. The van der Waals surface area contributed by atoms with E-state index >= 15 is 0 Å². The second-order valence-electron chi connectivity index (χ2n) is 4.40. The van der Waals surface area contributed by atoms with E-state index in [4.69, 9.17) is 17.4 Å². The lowest BCUT2D eigenvalue weighted by Crippen LogP contribution is -2.38. The summed E-state index contributed by atoms with van der Waals surface area (Å²) in [5, 5.41) is 0. The highest BCUT2D eigenvalue weighted by atomic mass is 35.5. The lowest BCUT2D eigenvalue weighted by molar-refractivity contribution is 0.579. The van der Waals surface area contributed by atoms with Crippen LogP contribution in [0.3, 0.4) is 0 Å². The van der Waals surface area contributed by atoms with Crippen molar-refractivity contribution in [3.05, 3.63) is 51.2 Å². The van der Waals surface area contributed by atoms with Crippen molar-refractivity contribution in [1.82, 2.24) is 5.43 Å². The number of hydrogen-bond acceptors (Lipinski definition) is 4. The van der Waals surface area contributed by atoms with Crippen LogP contribution in [0.15, 0.2) is 41.3 Å². The van der Waals surface area contributed by atoms with E-state index in [1.54, 1.807) is 11.3 Å². The van der Waals surface area contributed by atoms with Gasteiger partial charge in [-0.05, 0) is 37.6 Å². The van der Waals surface area contributed by atoms with Gasteiger partial charge < -0.3 is 0 Å². The molecule has 3 N–H and O–H groups in total. The van der Waals surface area contributed by atoms with Crippen LogP contribution in [0.5, 0.6) is 0 Å². The first-order chi connectivity index (χ1) is 9.17. The number of nitrogens with two attached hydrogens (primary N) is 1. The van der Waals surface area contributed by atoms with Gasteiger partial charge in [-0.25, -0.2) is 0 Å². The van der Waals surface area contributed by atoms with Crippen LogP contribution in [0, 0.1) is 6.92 Å². The van der Waals surface area contributed by atoms with Crippen molar-refractivity contribution in [3.63, 3.8) is 0 Å². The molecule has 2 rings (SSSR count). The zero-order valence-corrected chi connectivity index (χ0v) is 13.1. The molecule has 0 fully saturated rings. The van der Waals surface area contributed by atoms with E-state index in [1.165, 1.54) is 15.3 Å². The van der Waals surface area contributed by atoms with Gasteiger partial charge in [0.25, 0.3) is 0 Å². The number of thioether (sulfide) groups is 1. The highest BCUT2D eigenvalue weighted by molar-refractivity contribution is 7.99. The van der Waals surface area contributed by atoms with Crippen molar-refractivity contribution in [2.45, 2.75) is 24.3 Å². The van der Waals surface area contributed by atoms with Crippen molar-refractivity contribution < 1.29 is 0 Å². The molecule has 1 heterocycles. The standard InChI is InChI=1S/C14H17ClN2S2/c1-10-3-2-4-12(7-10)18-9-11(17-16)8-13-5-6-14(15)19-13/h2-7,11,17H,8-9,16H2,1H3. The van der Waals surface area contributed by atoms with Gasteiger partial charge in [0.1, 0.15) is 0 Å². The molecular weight excluding hydrogens is 296 g/mol. The predicted molar refractivity (Wildman–Crippen MR) is 86.0 cm³/mol. The molecule has 2 aromatic rings. The molecule has 19 heavy (non-hydrogen) atoms. The van der Waals surface area contributed by atoms with Crippen LogP contribution in [-0.2, 0) is 6.42 Å². The third kappa shape index (κ3) is 4.82. The van der Waals surface area contributed by atoms with Crippen LogP contribution in [0.2, 0.25) is 4.34 Å². The lowest BCUT2D eigenvalue weighted by Gasteiger charge is -2.14. The summed E-state index contributed by atoms with van der Waals surface area (Å²) in [4.78, 5) is 2.54. The van der Waals surface area contributed by atoms with Gasteiger partial charge in [0.15, 0.2) is 0 Å². The van der Waals surface area contributed by atoms with Gasteiger partial charge in [0.05, 0.1) is 4.34 Å². The maximum absolute atomic E-state index is 5.94. The fourth-order valence-electron chi connectivity index (χ4n) is 1.77. The van der Waals surface area contributed by atoms with E-state index in [2.05, 4.69) is 42.7 Å². The van der Waals surface area contributed by atoms with Gasteiger partial charge in [0.2, 0.25) is 0 Å². The molecular formula is C14H17ClN2S2. The molecule has 0 aliphatic carbocycles. The van der Waals surface area contributed by atoms with Gasteiger partial charge in [-0.2, -0.15) is 0 Å². The third-order valence-electron chi connectivity index (χ3n) is 2.75. The summed E-state index contributed by atoms with van der Waals surface area (Å²) in [6.45, 7) is 2.11. The number of halogens is 1. The van der Waals surface area contributed by atoms with Crippen molar-refractivity contribution in [2.24, 2.45) is 5.84 Å². The fraction of sp³-hybridized carbons (Fsp3) is 0.286. The molecule has 0 radical (unpaired) electrons. The van der Waals surface area contributed by atoms with E-state index < -0.39 is 0 Å². The van der Waals surface area contributed by atoms with E-state index in [0.717, 1.165) is 16.5 Å². The molecule has 0 saturated carbocycles. The molecule has 1 atom stereocenters.